The molecule has 0 unspecified atom stereocenters. The molecule has 0 heterocycles. The Morgan fingerprint density at radius 2 is 2.15 bits per heavy atom. The lowest BCUT2D eigenvalue weighted by Gasteiger charge is -2.07. The number of nitrogens with one attached hydrogen (secondary N) is 2. The Bertz CT molecular complexity index is 399. The Kier molecular flexibility index (Phi) is 9.07. The lowest BCUT2D eigenvalue weighted by molar-refractivity contribution is -0.121. The predicted octanol–water partition coefficient (Wildman–Crippen LogP) is 2.72. The van der Waals surface area contributed by atoms with Crippen LogP contribution in [0.15, 0.2) is 28.7 Å². The average Bonchev–Trinajstić information content (AvgIpc) is 2.43. The van der Waals surface area contributed by atoms with E-state index >= 15 is 0 Å². The second kappa shape index (κ2) is 10.7. The topological polar surface area (TPSA) is 50.4 Å². The number of ether oxygens (including phenoxy) is 1. The molecular weight excluding hydrogens is 320 g/mol. The highest BCUT2D eigenvalue weighted by atomic mass is 79.9. The maximum Gasteiger partial charge on any atom is 0.220 e. The lowest BCUT2D eigenvalue weighted by atomic mass is 10.3. The third-order valence-electron chi connectivity index (χ3n) is 2.66. The van der Waals surface area contributed by atoms with E-state index < -0.39 is 0 Å². The van der Waals surface area contributed by atoms with E-state index in [1.165, 1.54) is 0 Å². The number of halogens is 1. The molecule has 0 aliphatic heterocycles. The van der Waals surface area contributed by atoms with Gasteiger partial charge in [0.25, 0.3) is 0 Å². The van der Waals surface area contributed by atoms with Crippen LogP contribution in [0.25, 0.3) is 0 Å². The number of amides is 1. The summed E-state index contributed by atoms with van der Waals surface area (Å²) in [7, 11) is 0. The van der Waals surface area contributed by atoms with Crippen molar-refractivity contribution in [3.8, 4) is 5.75 Å². The summed E-state index contributed by atoms with van der Waals surface area (Å²) < 4.78 is 6.57. The van der Waals surface area contributed by atoms with Crippen LogP contribution in [0, 0.1) is 0 Å². The fourth-order valence-corrected chi connectivity index (χ4v) is 2.04. The van der Waals surface area contributed by atoms with Crippen molar-refractivity contribution in [3.05, 3.63) is 28.7 Å². The Labute approximate surface area is 129 Å². The highest BCUT2D eigenvalue weighted by Gasteiger charge is 2.01. The standard InChI is InChI=1S/C15H23BrN2O2/c1-2-8-17-9-10-18-15(19)7-4-11-20-14-6-3-5-13(16)12-14/h3,5-6,12,17H,2,4,7-11H2,1H3,(H,18,19). The van der Waals surface area contributed by atoms with Gasteiger partial charge < -0.3 is 15.4 Å². The number of hydrogen-bond donors (Lipinski definition) is 2. The van der Waals surface area contributed by atoms with Crippen LogP contribution in [0.3, 0.4) is 0 Å². The van der Waals surface area contributed by atoms with Gasteiger partial charge in [-0.05, 0) is 37.6 Å². The maximum atomic E-state index is 11.5. The van der Waals surface area contributed by atoms with Crippen molar-refractivity contribution >= 4 is 21.8 Å². The van der Waals surface area contributed by atoms with Crippen LogP contribution >= 0.6 is 15.9 Å². The Hall–Kier alpha value is -1.07. The van der Waals surface area contributed by atoms with E-state index in [4.69, 9.17) is 4.74 Å². The summed E-state index contributed by atoms with van der Waals surface area (Å²) in [5.41, 5.74) is 0. The smallest absolute Gasteiger partial charge is 0.220 e. The highest BCUT2D eigenvalue weighted by Crippen LogP contribution is 2.17. The molecule has 112 valence electrons. The van der Waals surface area contributed by atoms with E-state index in [-0.39, 0.29) is 5.91 Å². The van der Waals surface area contributed by atoms with Gasteiger partial charge in [0.2, 0.25) is 5.91 Å². The van der Waals surface area contributed by atoms with E-state index in [1.807, 2.05) is 24.3 Å². The largest absolute Gasteiger partial charge is 0.494 e. The third kappa shape index (κ3) is 8.17. The third-order valence-corrected chi connectivity index (χ3v) is 3.16. The lowest BCUT2D eigenvalue weighted by Crippen LogP contribution is -2.32. The molecule has 1 aromatic rings. The van der Waals surface area contributed by atoms with E-state index in [0.29, 0.717) is 19.6 Å². The van der Waals surface area contributed by atoms with Crippen molar-refractivity contribution in [2.24, 2.45) is 0 Å². The predicted molar refractivity (Wildman–Crippen MR) is 85.0 cm³/mol. The summed E-state index contributed by atoms with van der Waals surface area (Å²) in [5.74, 6) is 0.907. The zero-order chi connectivity index (χ0) is 14.6. The fourth-order valence-electron chi connectivity index (χ4n) is 1.66. The highest BCUT2D eigenvalue weighted by molar-refractivity contribution is 9.10. The fraction of sp³-hybridized carbons (Fsp3) is 0.533. The summed E-state index contributed by atoms with van der Waals surface area (Å²) in [5, 5.41) is 6.13. The minimum atomic E-state index is 0.0844. The van der Waals surface area contributed by atoms with Gasteiger partial charge in [0.1, 0.15) is 5.75 Å². The molecule has 0 atom stereocenters. The van der Waals surface area contributed by atoms with Crippen LogP contribution in [0.2, 0.25) is 0 Å². The molecular formula is C15H23BrN2O2. The van der Waals surface area contributed by atoms with Crippen molar-refractivity contribution in [3.63, 3.8) is 0 Å². The number of rotatable bonds is 10. The molecule has 1 amide bonds. The van der Waals surface area contributed by atoms with Gasteiger partial charge >= 0.3 is 0 Å². The quantitative estimate of drug-likeness (QED) is 0.643. The molecule has 20 heavy (non-hydrogen) atoms. The molecule has 0 aliphatic rings. The summed E-state index contributed by atoms with van der Waals surface area (Å²) >= 11 is 3.39. The SMILES string of the molecule is CCCNCCNC(=O)CCCOc1cccc(Br)c1. The Morgan fingerprint density at radius 1 is 1.30 bits per heavy atom. The molecule has 5 heteroatoms. The van der Waals surface area contributed by atoms with Crippen molar-refractivity contribution in [2.45, 2.75) is 26.2 Å². The van der Waals surface area contributed by atoms with Gasteiger partial charge in [-0.2, -0.15) is 0 Å². The summed E-state index contributed by atoms with van der Waals surface area (Å²) in [6.07, 6.45) is 2.34. The Morgan fingerprint density at radius 3 is 2.90 bits per heavy atom. The molecule has 0 saturated heterocycles. The Balaban J connectivity index is 2.02. The van der Waals surface area contributed by atoms with Gasteiger partial charge in [0, 0.05) is 24.0 Å². The number of carbonyl (C=O) groups excluding carboxylic acids is 1. The van der Waals surface area contributed by atoms with Crippen molar-refractivity contribution in [1.82, 2.24) is 10.6 Å². The molecule has 0 saturated carbocycles. The first kappa shape index (κ1) is 17.0. The molecule has 2 N–H and O–H groups in total. The molecule has 0 radical (unpaired) electrons. The minimum absolute atomic E-state index is 0.0844. The van der Waals surface area contributed by atoms with Crippen LogP contribution in [-0.4, -0.2) is 32.1 Å². The average molecular weight is 343 g/mol. The molecule has 0 aliphatic carbocycles. The van der Waals surface area contributed by atoms with Gasteiger partial charge in [-0.25, -0.2) is 0 Å². The number of benzene rings is 1. The first-order chi connectivity index (χ1) is 9.72. The van der Waals surface area contributed by atoms with Crippen molar-refractivity contribution < 1.29 is 9.53 Å². The maximum absolute atomic E-state index is 11.5. The minimum Gasteiger partial charge on any atom is -0.494 e. The van der Waals surface area contributed by atoms with Crippen molar-refractivity contribution in [2.75, 3.05) is 26.2 Å². The first-order valence-electron chi connectivity index (χ1n) is 7.08. The first-order valence-corrected chi connectivity index (χ1v) is 7.87. The second-order valence-electron chi connectivity index (χ2n) is 4.51. The zero-order valence-electron chi connectivity index (χ0n) is 12.0. The van der Waals surface area contributed by atoms with Gasteiger partial charge in [0.05, 0.1) is 6.61 Å². The molecule has 4 nitrogen and oxygen atoms in total. The van der Waals surface area contributed by atoms with Crippen LogP contribution < -0.4 is 15.4 Å². The van der Waals surface area contributed by atoms with Crippen LogP contribution in [0.1, 0.15) is 26.2 Å². The van der Waals surface area contributed by atoms with E-state index in [0.717, 1.165) is 36.2 Å². The van der Waals surface area contributed by atoms with Gasteiger partial charge in [-0.3, -0.25) is 4.79 Å². The number of hydrogen-bond acceptors (Lipinski definition) is 3. The van der Waals surface area contributed by atoms with E-state index in [9.17, 15) is 4.79 Å². The van der Waals surface area contributed by atoms with Gasteiger partial charge in [0.15, 0.2) is 0 Å². The van der Waals surface area contributed by atoms with Crippen LogP contribution in [-0.2, 0) is 4.79 Å². The van der Waals surface area contributed by atoms with E-state index in [2.05, 4.69) is 33.5 Å². The molecule has 0 bridgehead atoms. The summed E-state index contributed by atoms with van der Waals surface area (Å²) in [6, 6.07) is 7.70. The molecule has 0 spiro atoms. The van der Waals surface area contributed by atoms with Crippen molar-refractivity contribution in [1.29, 1.82) is 0 Å². The molecule has 0 fully saturated rings. The second-order valence-corrected chi connectivity index (χ2v) is 5.43. The van der Waals surface area contributed by atoms with Crippen LogP contribution in [0.4, 0.5) is 0 Å². The van der Waals surface area contributed by atoms with Gasteiger partial charge in [-0.15, -0.1) is 0 Å². The zero-order valence-corrected chi connectivity index (χ0v) is 13.5. The van der Waals surface area contributed by atoms with Gasteiger partial charge in [-0.1, -0.05) is 28.9 Å². The molecule has 1 rings (SSSR count). The monoisotopic (exact) mass is 342 g/mol. The summed E-state index contributed by atoms with van der Waals surface area (Å²) in [4.78, 5) is 11.5. The van der Waals surface area contributed by atoms with Crippen LogP contribution in [0.5, 0.6) is 5.75 Å². The normalized spacial score (nSPS) is 10.3. The number of carbonyl (C=O) groups is 1. The molecule has 1 aromatic carbocycles. The summed E-state index contributed by atoms with van der Waals surface area (Å²) in [6.45, 7) is 5.19. The van der Waals surface area contributed by atoms with E-state index in [1.54, 1.807) is 0 Å². The molecule has 0 aromatic heterocycles.